The van der Waals surface area contributed by atoms with Gasteiger partial charge in [-0.3, -0.25) is 13.9 Å². The summed E-state index contributed by atoms with van der Waals surface area (Å²) in [4.78, 5) is 27.4. The molecule has 1 atom stereocenters. The van der Waals surface area contributed by atoms with E-state index < -0.39 is 28.5 Å². The molecule has 33 heavy (non-hydrogen) atoms. The number of anilines is 1. The van der Waals surface area contributed by atoms with E-state index in [1.54, 1.807) is 38.1 Å². The SMILES string of the molecule is CCNC(=O)[C@H](C)N(Cc1ccccc1C)C(=O)CN(c1ccc(OCC)cc1)S(C)(=O)=O. The van der Waals surface area contributed by atoms with E-state index in [2.05, 4.69) is 5.32 Å². The number of benzene rings is 2. The average molecular weight is 476 g/mol. The zero-order chi connectivity index (χ0) is 24.6. The Labute approximate surface area is 196 Å². The molecule has 0 aliphatic heterocycles. The number of nitrogens with zero attached hydrogens (tertiary/aromatic N) is 2. The Morgan fingerprint density at radius 3 is 2.24 bits per heavy atom. The number of hydrogen-bond donors (Lipinski definition) is 1. The van der Waals surface area contributed by atoms with Gasteiger partial charge in [-0.05, 0) is 63.1 Å². The topological polar surface area (TPSA) is 96.0 Å². The molecule has 0 fully saturated rings. The lowest BCUT2D eigenvalue weighted by molar-refractivity contribution is -0.139. The predicted octanol–water partition coefficient (Wildman–Crippen LogP) is 2.71. The van der Waals surface area contributed by atoms with Crippen LogP contribution in [0.2, 0.25) is 0 Å². The molecule has 8 nitrogen and oxygen atoms in total. The Bertz CT molecular complexity index is 1050. The summed E-state index contributed by atoms with van der Waals surface area (Å²) in [5, 5.41) is 2.74. The molecule has 2 aromatic rings. The minimum absolute atomic E-state index is 0.185. The summed E-state index contributed by atoms with van der Waals surface area (Å²) in [6.45, 7) is 7.90. The second kappa shape index (κ2) is 11.7. The third kappa shape index (κ3) is 7.21. The van der Waals surface area contributed by atoms with Crippen LogP contribution in [0.1, 0.15) is 31.9 Å². The van der Waals surface area contributed by atoms with Gasteiger partial charge < -0.3 is 15.0 Å². The summed E-state index contributed by atoms with van der Waals surface area (Å²) in [5.74, 6) is -0.171. The van der Waals surface area contributed by atoms with Crippen molar-refractivity contribution >= 4 is 27.5 Å². The van der Waals surface area contributed by atoms with Crippen LogP contribution in [-0.4, -0.2) is 57.1 Å². The zero-order valence-corrected chi connectivity index (χ0v) is 20.7. The van der Waals surface area contributed by atoms with Gasteiger partial charge in [0.15, 0.2) is 0 Å². The van der Waals surface area contributed by atoms with Crippen molar-refractivity contribution in [1.82, 2.24) is 10.2 Å². The van der Waals surface area contributed by atoms with Crippen LogP contribution in [0.5, 0.6) is 5.75 Å². The van der Waals surface area contributed by atoms with E-state index in [0.717, 1.165) is 21.7 Å². The van der Waals surface area contributed by atoms with Gasteiger partial charge >= 0.3 is 0 Å². The molecule has 0 saturated heterocycles. The first kappa shape index (κ1) is 26.2. The van der Waals surface area contributed by atoms with E-state index in [1.807, 2.05) is 38.1 Å². The zero-order valence-electron chi connectivity index (χ0n) is 19.9. The van der Waals surface area contributed by atoms with Crippen molar-refractivity contribution in [3.8, 4) is 5.75 Å². The van der Waals surface area contributed by atoms with E-state index in [4.69, 9.17) is 4.74 Å². The van der Waals surface area contributed by atoms with Crippen LogP contribution in [0.25, 0.3) is 0 Å². The number of amides is 2. The van der Waals surface area contributed by atoms with Gasteiger partial charge in [0.25, 0.3) is 0 Å². The smallest absolute Gasteiger partial charge is 0.244 e. The first-order chi connectivity index (χ1) is 15.6. The summed E-state index contributed by atoms with van der Waals surface area (Å²) in [5.41, 5.74) is 2.20. The van der Waals surface area contributed by atoms with E-state index >= 15 is 0 Å². The van der Waals surface area contributed by atoms with E-state index in [9.17, 15) is 18.0 Å². The van der Waals surface area contributed by atoms with Gasteiger partial charge in [0.1, 0.15) is 18.3 Å². The molecule has 2 amide bonds. The number of ether oxygens (including phenoxy) is 1. The molecular formula is C24H33N3O5S. The second-order valence-corrected chi connectivity index (χ2v) is 9.62. The number of likely N-dealkylation sites (N-methyl/N-ethyl adjacent to an activating group) is 1. The summed E-state index contributed by atoms with van der Waals surface area (Å²) in [7, 11) is -3.76. The van der Waals surface area contributed by atoms with Crippen LogP contribution in [0.4, 0.5) is 5.69 Å². The molecule has 0 aromatic heterocycles. The number of rotatable bonds is 11. The molecule has 0 heterocycles. The summed E-state index contributed by atoms with van der Waals surface area (Å²) in [6, 6.07) is 13.3. The molecule has 2 rings (SSSR count). The van der Waals surface area contributed by atoms with Crippen LogP contribution in [0, 0.1) is 6.92 Å². The van der Waals surface area contributed by atoms with Crippen LogP contribution in [0.15, 0.2) is 48.5 Å². The quantitative estimate of drug-likeness (QED) is 0.539. The first-order valence-corrected chi connectivity index (χ1v) is 12.8. The highest BCUT2D eigenvalue weighted by Gasteiger charge is 2.30. The van der Waals surface area contributed by atoms with Gasteiger partial charge in [-0.15, -0.1) is 0 Å². The molecule has 180 valence electrons. The minimum Gasteiger partial charge on any atom is -0.494 e. The fraction of sp³-hybridized carbons (Fsp3) is 0.417. The van der Waals surface area contributed by atoms with Crippen molar-refractivity contribution in [1.29, 1.82) is 0 Å². The fourth-order valence-corrected chi connectivity index (χ4v) is 4.21. The predicted molar refractivity (Wildman–Crippen MR) is 130 cm³/mol. The third-order valence-corrected chi connectivity index (χ3v) is 6.38. The highest BCUT2D eigenvalue weighted by Crippen LogP contribution is 2.23. The van der Waals surface area contributed by atoms with Crippen LogP contribution in [-0.2, 0) is 26.2 Å². The van der Waals surface area contributed by atoms with E-state index in [1.165, 1.54) is 4.90 Å². The average Bonchev–Trinajstić information content (AvgIpc) is 2.76. The van der Waals surface area contributed by atoms with E-state index in [-0.39, 0.29) is 12.5 Å². The lowest BCUT2D eigenvalue weighted by Gasteiger charge is -2.31. The van der Waals surface area contributed by atoms with E-state index in [0.29, 0.717) is 24.6 Å². The Kier molecular flexibility index (Phi) is 9.28. The van der Waals surface area contributed by atoms with Gasteiger partial charge in [-0.2, -0.15) is 0 Å². The molecule has 0 unspecified atom stereocenters. The molecule has 0 aliphatic rings. The first-order valence-electron chi connectivity index (χ1n) is 10.9. The van der Waals surface area contributed by atoms with Gasteiger partial charge in [-0.25, -0.2) is 8.42 Å². The second-order valence-electron chi connectivity index (χ2n) is 7.72. The standard InChI is InChI=1S/C24H33N3O5S/c1-6-25-24(29)19(4)26(16-20-11-9-8-10-18(20)3)23(28)17-27(33(5,30)31)21-12-14-22(15-13-21)32-7-2/h8-15,19H,6-7,16-17H2,1-5H3,(H,25,29)/t19-/m0/s1. The molecule has 0 saturated carbocycles. The Morgan fingerprint density at radius 2 is 1.70 bits per heavy atom. The molecule has 0 spiro atoms. The largest absolute Gasteiger partial charge is 0.494 e. The molecule has 0 radical (unpaired) electrons. The number of carbonyl (C=O) groups excluding carboxylic acids is 2. The maximum atomic E-state index is 13.4. The van der Waals surface area contributed by atoms with Crippen molar-refractivity contribution in [2.45, 2.75) is 40.3 Å². The van der Waals surface area contributed by atoms with Crippen molar-refractivity contribution in [3.63, 3.8) is 0 Å². The van der Waals surface area contributed by atoms with Gasteiger partial charge in [0.2, 0.25) is 21.8 Å². The number of sulfonamides is 1. The fourth-order valence-electron chi connectivity index (χ4n) is 3.36. The molecular weight excluding hydrogens is 442 g/mol. The Morgan fingerprint density at radius 1 is 1.06 bits per heavy atom. The summed E-state index contributed by atoms with van der Waals surface area (Å²) in [6.07, 6.45) is 1.05. The lowest BCUT2D eigenvalue weighted by Crippen LogP contribution is -2.51. The molecule has 1 N–H and O–H groups in total. The monoisotopic (exact) mass is 475 g/mol. The Balaban J connectivity index is 2.37. The molecule has 2 aromatic carbocycles. The minimum atomic E-state index is -3.76. The van der Waals surface area contributed by atoms with Crippen molar-refractivity contribution in [3.05, 3.63) is 59.7 Å². The van der Waals surface area contributed by atoms with Crippen LogP contribution >= 0.6 is 0 Å². The number of hydrogen-bond acceptors (Lipinski definition) is 5. The summed E-state index contributed by atoms with van der Waals surface area (Å²) < 4.78 is 31.6. The number of carbonyl (C=O) groups is 2. The Hall–Kier alpha value is -3.07. The highest BCUT2D eigenvalue weighted by atomic mass is 32.2. The number of aryl methyl sites for hydroxylation is 1. The molecule has 0 aliphatic carbocycles. The third-order valence-electron chi connectivity index (χ3n) is 5.24. The molecule has 9 heteroatoms. The highest BCUT2D eigenvalue weighted by molar-refractivity contribution is 7.92. The maximum Gasteiger partial charge on any atom is 0.244 e. The number of nitrogens with one attached hydrogen (secondary N) is 1. The normalized spacial score (nSPS) is 12.0. The van der Waals surface area contributed by atoms with Gasteiger partial charge in [0.05, 0.1) is 18.6 Å². The van der Waals surface area contributed by atoms with Crippen molar-refractivity contribution < 1.29 is 22.7 Å². The van der Waals surface area contributed by atoms with Crippen molar-refractivity contribution in [2.24, 2.45) is 0 Å². The maximum absolute atomic E-state index is 13.4. The molecule has 0 bridgehead atoms. The van der Waals surface area contributed by atoms with Crippen LogP contribution in [0.3, 0.4) is 0 Å². The van der Waals surface area contributed by atoms with Gasteiger partial charge in [0, 0.05) is 13.1 Å². The van der Waals surface area contributed by atoms with Crippen LogP contribution < -0.4 is 14.4 Å². The van der Waals surface area contributed by atoms with Crippen molar-refractivity contribution in [2.75, 3.05) is 30.3 Å². The lowest BCUT2D eigenvalue weighted by atomic mass is 10.1. The van der Waals surface area contributed by atoms with Gasteiger partial charge in [-0.1, -0.05) is 24.3 Å². The summed E-state index contributed by atoms with van der Waals surface area (Å²) >= 11 is 0.